The number of hydrogen-bond donors (Lipinski definition) is 0. The van der Waals surface area contributed by atoms with Gasteiger partial charge >= 0.3 is 0 Å². The van der Waals surface area contributed by atoms with Crippen LogP contribution in [0.15, 0.2) is 24.3 Å². The van der Waals surface area contributed by atoms with Gasteiger partial charge in [-0.25, -0.2) is 0 Å². The summed E-state index contributed by atoms with van der Waals surface area (Å²) in [7, 11) is 0. The van der Waals surface area contributed by atoms with Crippen molar-refractivity contribution in [1.29, 1.82) is 0 Å². The molecule has 0 aliphatic heterocycles. The zero-order valence-electron chi connectivity index (χ0n) is 12.1. The number of carbonyl (C=O) groups excluding carboxylic acids is 1. The molecule has 0 saturated heterocycles. The Hall–Kier alpha value is -1.06. The fraction of sp³-hybridized carbons (Fsp3) is 0.562. The van der Waals surface area contributed by atoms with Crippen LogP contribution in [-0.2, 0) is 16.0 Å². The Morgan fingerprint density at radius 3 is 2.75 bits per heavy atom. The molecule has 1 unspecified atom stereocenters. The van der Waals surface area contributed by atoms with Crippen molar-refractivity contribution in [3.8, 4) is 0 Å². The van der Waals surface area contributed by atoms with Crippen molar-refractivity contribution in [3.63, 3.8) is 0 Å². The molecule has 1 aliphatic carbocycles. The lowest BCUT2D eigenvalue weighted by molar-refractivity contribution is -0.119. The Morgan fingerprint density at radius 1 is 1.45 bits per heavy atom. The molecule has 2 rings (SSSR count). The first-order valence-corrected chi connectivity index (χ1v) is 7.68. The molecule has 0 bridgehead atoms. The molecule has 20 heavy (non-hydrogen) atoms. The van der Waals surface area contributed by atoms with Crippen molar-refractivity contribution in [2.75, 3.05) is 18.2 Å². The first kappa shape index (κ1) is 15.3. The van der Waals surface area contributed by atoms with E-state index < -0.39 is 5.38 Å². The lowest BCUT2D eigenvalue weighted by atomic mass is 10.1. The monoisotopic (exact) mass is 295 g/mol. The second-order valence-corrected chi connectivity index (χ2v) is 5.96. The summed E-state index contributed by atoms with van der Waals surface area (Å²) in [6, 6.07) is 7.92. The van der Waals surface area contributed by atoms with Crippen LogP contribution in [0.4, 0.5) is 5.69 Å². The lowest BCUT2D eigenvalue weighted by Crippen LogP contribution is -2.38. The molecule has 1 atom stereocenters. The molecule has 0 N–H and O–H groups in total. The lowest BCUT2D eigenvalue weighted by Gasteiger charge is -2.26. The van der Waals surface area contributed by atoms with Crippen molar-refractivity contribution in [1.82, 2.24) is 0 Å². The number of alkyl halides is 1. The topological polar surface area (TPSA) is 29.5 Å². The van der Waals surface area contributed by atoms with Crippen LogP contribution in [0, 0.1) is 5.92 Å². The largest absolute Gasteiger partial charge is 0.360 e. The van der Waals surface area contributed by atoms with Gasteiger partial charge in [0.05, 0.1) is 6.61 Å². The van der Waals surface area contributed by atoms with Crippen molar-refractivity contribution in [2.45, 2.75) is 38.5 Å². The predicted octanol–water partition coefficient (Wildman–Crippen LogP) is 3.59. The maximum absolute atomic E-state index is 12.3. The highest BCUT2D eigenvalue weighted by atomic mass is 35.5. The minimum atomic E-state index is -0.551. The van der Waals surface area contributed by atoms with E-state index in [0.29, 0.717) is 5.92 Å². The van der Waals surface area contributed by atoms with Crippen molar-refractivity contribution in [3.05, 3.63) is 29.8 Å². The van der Waals surface area contributed by atoms with Gasteiger partial charge < -0.3 is 4.74 Å². The number of aryl methyl sites for hydroxylation is 1. The summed E-state index contributed by atoms with van der Waals surface area (Å²) in [5, 5.41) is -0.551. The zero-order chi connectivity index (χ0) is 14.5. The van der Waals surface area contributed by atoms with Gasteiger partial charge in [0, 0.05) is 5.69 Å². The van der Waals surface area contributed by atoms with Crippen molar-refractivity contribution < 1.29 is 9.53 Å². The van der Waals surface area contributed by atoms with E-state index in [1.54, 1.807) is 11.8 Å². The highest BCUT2D eigenvalue weighted by Gasteiger charge is 2.25. The normalized spacial score (nSPS) is 15.9. The molecule has 1 aromatic rings. The van der Waals surface area contributed by atoms with Gasteiger partial charge in [-0.05, 0) is 43.7 Å². The Labute approximate surface area is 125 Å². The van der Waals surface area contributed by atoms with Crippen LogP contribution in [0.25, 0.3) is 0 Å². The van der Waals surface area contributed by atoms with E-state index in [0.717, 1.165) is 24.3 Å². The molecule has 110 valence electrons. The maximum atomic E-state index is 12.3. The van der Waals surface area contributed by atoms with E-state index in [4.69, 9.17) is 16.3 Å². The number of rotatable bonds is 7. The minimum Gasteiger partial charge on any atom is -0.360 e. The average Bonchev–Trinajstić information content (AvgIpc) is 3.27. The zero-order valence-corrected chi connectivity index (χ0v) is 12.9. The Kier molecular flexibility index (Phi) is 5.44. The molecule has 0 spiro atoms. The number of hydrogen-bond acceptors (Lipinski definition) is 2. The molecule has 0 heterocycles. The molecule has 1 aliphatic rings. The van der Waals surface area contributed by atoms with Gasteiger partial charge in [0.2, 0.25) is 5.91 Å². The van der Waals surface area contributed by atoms with Crippen LogP contribution >= 0.6 is 11.6 Å². The van der Waals surface area contributed by atoms with Gasteiger partial charge in [-0.2, -0.15) is 0 Å². The summed E-state index contributed by atoms with van der Waals surface area (Å²) < 4.78 is 5.69. The average molecular weight is 296 g/mol. The maximum Gasteiger partial charge on any atom is 0.246 e. The first-order valence-electron chi connectivity index (χ1n) is 7.24. The van der Waals surface area contributed by atoms with E-state index in [1.807, 2.05) is 24.3 Å². The van der Waals surface area contributed by atoms with Gasteiger partial charge in [0.1, 0.15) is 12.1 Å². The number of benzene rings is 1. The van der Waals surface area contributed by atoms with Crippen LogP contribution in [-0.4, -0.2) is 24.6 Å². The van der Waals surface area contributed by atoms with Gasteiger partial charge in [0.15, 0.2) is 0 Å². The fourth-order valence-electron chi connectivity index (χ4n) is 2.13. The standard InChI is InChI=1S/C16H22ClNO2/c1-3-14-6-4-5-7-15(14)18(16(19)12(2)17)11-20-10-13-8-9-13/h4-7,12-13H,3,8-11H2,1-2H3. The molecular weight excluding hydrogens is 274 g/mol. The summed E-state index contributed by atoms with van der Waals surface area (Å²) in [6.45, 7) is 4.79. The minimum absolute atomic E-state index is 0.108. The Morgan fingerprint density at radius 2 is 2.15 bits per heavy atom. The molecule has 0 aromatic heterocycles. The molecule has 4 heteroatoms. The molecule has 3 nitrogen and oxygen atoms in total. The Balaban J connectivity index is 2.12. The summed E-state index contributed by atoms with van der Waals surface area (Å²) in [5.74, 6) is 0.574. The highest BCUT2D eigenvalue weighted by molar-refractivity contribution is 6.32. The third-order valence-electron chi connectivity index (χ3n) is 3.54. The Bertz CT molecular complexity index is 458. The van der Waals surface area contributed by atoms with Crippen molar-refractivity contribution in [2.24, 2.45) is 5.92 Å². The molecular formula is C16H22ClNO2. The second kappa shape index (κ2) is 7.09. The fourth-order valence-corrected chi connectivity index (χ4v) is 2.25. The van der Waals surface area contributed by atoms with E-state index in [1.165, 1.54) is 12.8 Å². The highest BCUT2D eigenvalue weighted by Crippen LogP contribution is 2.29. The van der Waals surface area contributed by atoms with E-state index in [-0.39, 0.29) is 12.6 Å². The number of nitrogens with zero attached hydrogens (tertiary/aromatic N) is 1. The van der Waals surface area contributed by atoms with Crippen LogP contribution < -0.4 is 4.90 Å². The van der Waals surface area contributed by atoms with Crippen molar-refractivity contribution >= 4 is 23.2 Å². The summed E-state index contributed by atoms with van der Waals surface area (Å²) in [4.78, 5) is 14.0. The SMILES string of the molecule is CCc1ccccc1N(COCC1CC1)C(=O)C(C)Cl. The first-order chi connectivity index (χ1) is 9.63. The van der Waals surface area contributed by atoms with Crippen LogP contribution in [0.2, 0.25) is 0 Å². The molecule has 0 radical (unpaired) electrons. The number of ether oxygens (including phenoxy) is 1. The van der Waals surface area contributed by atoms with Gasteiger partial charge in [-0.1, -0.05) is 25.1 Å². The number of halogens is 1. The quantitative estimate of drug-likeness (QED) is 0.568. The molecule has 1 fully saturated rings. The predicted molar refractivity (Wildman–Crippen MR) is 82.2 cm³/mol. The van der Waals surface area contributed by atoms with Crippen LogP contribution in [0.1, 0.15) is 32.3 Å². The molecule has 1 amide bonds. The summed E-state index contributed by atoms with van der Waals surface area (Å²) in [5.41, 5.74) is 2.04. The van der Waals surface area contributed by atoms with E-state index in [2.05, 4.69) is 6.92 Å². The number of anilines is 1. The number of para-hydroxylation sites is 1. The smallest absolute Gasteiger partial charge is 0.246 e. The summed E-state index contributed by atoms with van der Waals surface area (Å²) in [6.07, 6.45) is 3.36. The number of amides is 1. The molecule has 1 saturated carbocycles. The number of carbonyl (C=O) groups is 1. The second-order valence-electron chi connectivity index (χ2n) is 5.31. The molecule has 1 aromatic carbocycles. The van der Waals surface area contributed by atoms with E-state index in [9.17, 15) is 4.79 Å². The summed E-state index contributed by atoms with van der Waals surface area (Å²) >= 11 is 5.98. The third kappa shape index (κ3) is 3.97. The van der Waals surface area contributed by atoms with Crippen LogP contribution in [0.5, 0.6) is 0 Å². The van der Waals surface area contributed by atoms with E-state index >= 15 is 0 Å². The van der Waals surface area contributed by atoms with Gasteiger partial charge in [-0.3, -0.25) is 9.69 Å². The van der Waals surface area contributed by atoms with Crippen LogP contribution in [0.3, 0.4) is 0 Å². The van der Waals surface area contributed by atoms with Gasteiger partial charge in [0.25, 0.3) is 0 Å². The third-order valence-corrected chi connectivity index (χ3v) is 3.73. The van der Waals surface area contributed by atoms with Gasteiger partial charge in [-0.15, -0.1) is 11.6 Å².